The van der Waals surface area contributed by atoms with Gasteiger partial charge in [0.1, 0.15) is 6.10 Å². The molecule has 0 aromatic heterocycles. The van der Waals surface area contributed by atoms with E-state index in [0.29, 0.717) is 0 Å². The summed E-state index contributed by atoms with van der Waals surface area (Å²) < 4.78 is 5.58. The molecule has 1 aliphatic rings. The molecular weight excluding hydrogens is 244 g/mol. The van der Waals surface area contributed by atoms with Crippen molar-refractivity contribution in [1.82, 2.24) is 0 Å². The molecule has 5 atom stereocenters. The van der Waals surface area contributed by atoms with E-state index in [0.717, 1.165) is 11.1 Å². The molecule has 0 radical (unpaired) electrons. The first-order valence-corrected chi connectivity index (χ1v) is 6.71. The average molecular weight is 266 g/mol. The molecule has 3 N–H and O–H groups in total. The van der Waals surface area contributed by atoms with Gasteiger partial charge in [-0.2, -0.15) is 0 Å². The molecule has 106 valence electrons. The first-order chi connectivity index (χ1) is 9.10. The fraction of sp³-hybridized carbons (Fsp3) is 0.600. The van der Waals surface area contributed by atoms with Gasteiger partial charge in [0.2, 0.25) is 0 Å². The van der Waals surface area contributed by atoms with Crippen LogP contribution in [0.25, 0.3) is 0 Å². The van der Waals surface area contributed by atoms with Crippen molar-refractivity contribution in [3.8, 4) is 0 Å². The second kappa shape index (κ2) is 6.01. The number of rotatable bonds is 3. The zero-order chi connectivity index (χ0) is 14.0. The van der Waals surface area contributed by atoms with Crippen molar-refractivity contribution in [1.29, 1.82) is 0 Å². The van der Waals surface area contributed by atoms with Gasteiger partial charge in [0, 0.05) is 18.4 Å². The van der Waals surface area contributed by atoms with E-state index in [1.807, 2.05) is 38.1 Å². The van der Waals surface area contributed by atoms with Crippen molar-refractivity contribution < 1.29 is 20.1 Å². The quantitative estimate of drug-likeness (QED) is 0.758. The second-order valence-electron chi connectivity index (χ2n) is 5.28. The maximum atomic E-state index is 10.4. The van der Waals surface area contributed by atoms with Crippen LogP contribution in [0.2, 0.25) is 0 Å². The maximum Gasteiger partial charge on any atom is 0.107 e. The minimum Gasteiger partial charge on any atom is -0.396 e. The van der Waals surface area contributed by atoms with Crippen LogP contribution in [0.15, 0.2) is 24.3 Å². The molecule has 2 rings (SSSR count). The third-order valence-electron chi connectivity index (χ3n) is 4.14. The molecule has 4 heteroatoms. The lowest BCUT2D eigenvalue weighted by Crippen LogP contribution is -2.51. The molecule has 0 bridgehead atoms. The zero-order valence-corrected chi connectivity index (χ0v) is 11.4. The van der Waals surface area contributed by atoms with Crippen molar-refractivity contribution in [3.05, 3.63) is 35.4 Å². The van der Waals surface area contributed by atoms with Crippen molar-refractivity contribution in [2.45, 2.75) is 38.1 Å². The lowest BCUT2D eigenvalue weighted by atomic mass is 9.74. The molecule has 1 heterocycles. The van der Waals surface area contributed by atoms with Gasteiger partial charge < -0.3 is 20.1 Å². The van der Waals surface area contributed by atoms with E-state index >= 15 is 0 Å². The Bertz CT molecular complexity index is 420. The number of aryl methyl sites for hydroxylation is 1. The molecule has 4 nitrogen and oxygen atoms in total. The number of hydrogen-bond donors (Lipinski definition) is 3. The van der Waals surface area contributed by atoms with E-state index in [9.17, 15) is 15.3 Å². The Hall–Kier alpha value is -0.940. The van der Waals surface area contributed by atoms with Gasteiger partial charge >= 0.3 is 0 Å². The minimum atomic E-state index is -0.806. The third-order valence-corrected chi connectivity index (χ3v) is 4.14. The Kier molecular flexibility index (Phi) is 4.58. The first-order valence-electron chi connectivity index (χ1n) is 6.71. The molecule has 0 aliphatic carbocycles. The summed E-state index contributed by atoms with van der Waals surface area (Å²) in [6, 6.07) is 7.84. The standard InChI is InChI=1S/C15H22O4/c1-9-5-3-4-6-11(9)14-12(7-16)10(2)19-13(8-17)15(14)18/h3-6,10,12-18H,7-8H2,1-2H3/t10-,12-,13+,14+,15+/m0/s1. The Morgan fingerprint density at radius 1 is 1.16 bits per heavy atom. The number of aliphatic hydroxyl groups excluding tert-OH is 3. The van der Waals surface area contributed by atoms with Crippen LogP contribution >= 0.6 is 0 Å². The highest BCUT2D eigenvalue weighted by Crippen LogP contribution is 2.39. The maximum absolute atomic E-state index is 10.4. The number of ether oxygens (including phenoxy) is 1. The summed E-state index contributed by atoms with van der Waals surface area (Å²) in [5.41, 5.74) is 2.10. The summed E-state index contributed by atoms with van der Waals surface area (Å²) in [5, 5.41) is 29.4. The van der Waals surface area contributed by atoms with Gasteiger partial charge in [-0.25, -0.2) is 0 Å². The lowest BCUT2D eigenvalue weighted by molar-refractivity contribution is -0.170. The van der Waals surface area contributed by atoms with Gasteiger partial charge in [-0.3, -0.25) is 0 Å². The van der Waals surface area contributed by atoms with Gasteiger partial charge in [-0.05, 0) is 25.0 Å². The highest BCUT2D eigenvalue weighted by molar-refractivity contribution is 5.31. The Morgan fingerprint density at radius 2 is 1.84 bits per heavy atom. The fourth-order valence-electron chi connectivity index (χ4n) is 3.02. The molecular formula is C15H22O4. The van der Waals surface area contributed by atoms with Gasteiger partial charge in [0.15, 0.2) is 0 Å². The second-order valence-corrected chi connectivity index (χ2v) is 5.28. The van der Waals surface area contributed by atoms with Gasteiger partial charge in [0.25, 0.3) is 0 Å². The Morgan fingerprint density at radius 3 is 2.42 bits per heavy atom. The largest absolute Gasteiger partial charge is 0.396 e. The van der Waals surface area contributed by atoms with Crippen molar-refractivity contribution in [2.24, 2.45) is 5.92 Å². The van der Waals surface area contributed by atoms with Crippen LogP contribution in [0.1, 0.15) is 24.0 Å². The van der Waals surface area contributed by atoms with Crippen LogP contribution in [0.4, 0.5) is 0 Å². The molecule has 19 heavy (non-hydrogen) atoms. The van der Waals surface area contributed by atoms with Crippen LogP contribution in [0.5, 0.6) is 0 Å². The molecule has 0 unspecified atom stereocenters. The van der Waals surface area contributed by atoms with Gasteiger partial charge in [-0.1, -0.05) is 24.3 Å². The SMILES string of the molecule is Cc1ccccc1[C@H]1[C@H](O)[C@@H](CO)O[C@@H](C)[C@@H]1CO. The van der Waals surface area contributed by atoms with Crippen molar-refractivity contribution >= 4 is 0 Å². The minimum absolute atomic E-state index is 0.0463. The summed E-state index contributed by atoms with van der Waals surface area (Å²) in [5.74, 6) is -0.383. The summed E-state index contributed by atoms with van der Waals surface area (Å²) in [6.45, 7) is 3.60. The van der Waals surface area contributed by atoms with Crippen molar-refractivity contribution in [2.75, 3.05) is 13.2 Å². The summed E-state index contributed by atoms with van der Waals surface area (Å²) in [6.07, 6.45) is -1.60. The van der Waals surface area contributed by atoms with Crippen LogP contribution in [-0.4, -0.2) is 46.8 Å². The van der Waals surface area contributed by atoms with E-state index in [4.69, 9.17) is 4.74 Å². The highest BCUT2D eigenvalue weighted by Gasteiger charge is 2.43. The summed E-state index contributed by atoms with van der Waals surface area (Å²) in [7, 11) is 0. The molecule has 1 aromatic carbocycles. The number of hydrogen-bond acceptors (Lipinski definition) is 4. The lowest BCUT2D eigenvalue weighted by Gasteiger charge is -2.43. The van der Waals surface area contributed by atoms with E-state index in [2.05, 4.69) is 0 Å². The molecule has 1 saturated heterocycles. The van der Waals surface area contributed by atoms with Gasteiger partial charge in [0.05, 0.1) is 18.8 Å². The Balaban J connectivity index is 2.40. The summed E-state index contributed by atoms with van der Waals surface area (Å²) in [4.78, 5) is 0. The van der Waals surface area contributed by atoms with E-state index < -0.39 is 12.2 Å². The monoisotopic (exact) mass is 266 g/mol. The van der Waals surface area contributed by atoms with Crippen LogP contribution in [0, 0.1) is 12.8 Å². The van der Waals surface area contributed by atoms with Crippen LogP contribution in [0.3, 0.4) is 0 Å². The van der Waals surface area contributed by atoms with E-state index in [1.165, 1.54) is 0 Å². The molecule has 1 fully saturated rings. The third kappa shape index (κ3) is 2.67. The smallest absolute Gasteiger partial charge is 0.107 e. The van der Waals surface area contributed by atoms with Crippen LogP contribution in [-0.2, 0) is 4.74 Å². The summed E-state index contributed by atoms with van der Waals surface area (Å²) >= 11 is 0. The molecule has 0 amide bonds. The zero-order valence-electron chi connectivity index (χ0n) is 11.4. The average Bonchev–Trinajstić information content (AvgIpc) is 2.41. The first kappa shape index (κ1) is 14.5. The number of aliphatic hydroxyl groups is 3. The number of benzene rings is 1. The predicted molar refractivity (Wildman–Crippen MR) is 71.9 cm³/mol. The topological polar surface area (TPSA) is 69.9 Å². The fourth-order valence-corrected chi connectivity index (χ4v) is 3.02. The molecule has 0 saturated carbocycles. The predicted octanol–water partition coefficient (Wildman–Crippen LogP) is 0.828. The normalized spacial score (nSPS) is 35.3. The van der Waals surface area contributed by atoms with Crippen LogP contribution < -0.4 is 0 Å². The van der Waals surface area contributed by atoms with E-state index in [-0.39, 0.29) is 31.2 Å². The molecule has 0 spiro atoms. The molecule has 1 aliphatic heterocycles. The van der Waals surface area contributed by atoms with Gasteiger partial charge in [-0.15, -0.1) is 0 Å². The van der Waals surface area contributed by atoms with Crippen molar-refractivity contribution in [3.63, 3.8) is 0 Å². The Labute approximate surface area is 113 Å². The molecule has 1 aromatic rings. The highest BCUT2D eigenvalue weighted by atomic mass is 16.5. The van der Waals surface area contributed by atoms with E-state index in [1.54, 1.807) is 0 Å².